The van der Waals surface area contributed by atoms with E-state index in [1.54, 1.807) is 6.92 Å². The third-order valence-corrected chi connectivity index (χ3v) is 6.01. The van der Waals surface area contributed by atoms with Crippen molar-refractivity contribution in [1.29, 1.82) is 0 Å². The SMILES string of the molecule is Cc1nc(N2CC(S(=O)(=O)Cl)CC2=O)nc(Cl)c1Br. The van der Waals surface area contributed by atoms with Gasteiger partial charge in [-0.1, -0.05) is 11.6 Å². The van der Waals surface area contributed by atoms with Crippen LogP contribution in [0.1, 0.15) is 12.1 Å². The summed E-state index contributed by atoms with van der Waals surface area (Å²) >= 11 is 9.09. The Morgan fingerprint density at radius 3 is 2.53 bits per heavy atom. The molecular formula is C9H8BrCl2N3O3S. The van der Waals surface area contributed by atoms with Gasteiger partial charge in [0.15, 0.2) is 0 Å². The molecule has 6 nitrogen and oxygen atoms in total. The fourth-order valence-electron chi connectivity index (χ4n) is 1.69. The predicted molar refractivity (Wildman–Crippen MR) is 75.0 cm³/mol. The second kappa shape index (κ2) is 5.16. The van der Waals surface area contributed by atoms with Crippen molar-refractivity contribution in [1.82, 2.24) is 9.97 Å². The van der Waals surface area contributed by atoms with Gasteiger partial charge in [-0.3, -0.25) is 9.69 Å². The minimum Gasteiger partial charge on any atom is -0.279 e. The van der Waals surface area contributed by atoms with E-state index in [1.807, 2.05) is 0 Å². The highest BCUT2D eigenvalue weighted by atomic mass is 79.9. The highest BCUT2D eigenvalue weighted by Crippen LogP contribution is 2.29. The van der Waals surface area contributed by atoms with Crippen molar-refractivity contribution in [3.05, 3.63) is 15.3 Å². The summed E-state index contributed by atoms with van der Waals surface area (Å²) in [6, 6.07) is 0. The van der Waals surface area contributed by atoms with E-state index < -0.39 is 20.2 Å². The van der Waals surface area contributed by atoms with Crippen LogP contribution in [0.15, 0.2) is 4.47 Å². The first-order valence-corrected chi connectivity index (χ1v) is 8.68. The van der Waals surface area contributed by atoms with Crippen LogP contribution in [0.25, 0.3) is 0 Å². The average Bonchev–Trinajstić information content (AvgIpc) is 2.67. The van der Waals surface area contributed by atoms with Gasteiger partial charge in [0.1, 0.15) is 10.4 Å². The first-order valence-electron chi connectivity index (χ1n) is 5.13. The molecule has 0 aromatic carbocycles. The minimum absolute atomic E-state index is 0.0674. The maximum Gasteiger partial charge on any atom is 0.237 e. The number of aromatic nitrogens is 2. The Morgan fingerprint density at radius 1 is 1.42 bits per heavy atom. The molecule has 1 atom stereocenters. The van der Waals surface area contributed by atoms with E-state index in [1.165, 1.54) is 4.90 Å². The quantitative estimate of drug-likeness (QED) is 0.570. The molecule has 2 heterocycles. The molecule has 1 aliphatic heterocycles. The standard InChI is InChI=1S/C9H8BrCl2N3O3S/c1-4-7(10)8(11)14-9(13-4)15-3-5(2-6(15)16)19(12,17)18/h5H,2-3H2,1H3. The molecule has 1 aromatic rings. The molecule has 0 N–H and O–H groups in total. The topological polar surface area (TPSA) is 80.2 Å². The molecule has 2 rings (SSSR count). The lowest BCUT2D eigenvalue weighted by atomic mass is 10.4. The molecule has 1 fully saturated rings. The van der Waals surface area contributed by atoms with Gasteiger partial charge >= 0.3 is 0 Å². The zero-order valence-corrected chi connectivity index (χ0v) is 13.5. The summed E-state index contributed by atoms with van der Waals surface area (Å²) in [4.78, 5) is 21.0. The number of anilines is 1. The number of carbonyl (C=O) groups is 1. The summed E-state index contributed by atoms with van der Waals surface area (Å²) in [5, 5.41) is -0.791. The smallest absolute Gasteiger partial charge is 0.237 e. The fraction of sp³-hybridized carbons (Fsp3) is 0.444. The highest BCUT2D eigenvalue weighted by molar-refractivity contribution is 9.10. The second-order valence-electron chi connectivity index (χ2n) is 4.02. The van der Waals surface area contributed by atoms with Crippen LogP contribution in [0, 0.1) is 6.92 Å². The van der Waals surface area contributed by atoms with Gasteiger partial charge in [0.25, 0.3) is 0 Å². The van der Waals surface area contributed by atoms with Gasteiger partial charge in [0.05, 0.1) is 10.2 Å². The molecule has 0 bridgehead atoms. The molecule has 1 aliphatic rings. The number of carbonyl (C=O) groups excluding carboxylic acids is 1. The molecule has 0 spiro atoms. The number of aryl methyl sites for hydroxylation is 1. The Labute approximate surface area is 127 Å². The summed E-state index contributed by atoms with van der Waals surface area (Å²) in [7, 11) is 1.47. The molecule has 0 saturated carbocycles. The van der Waals surface area contributed by atoms with E-state index >= 15 is 0 Å². The predicted octanol–water partition coefficient (Wildman–Crippen LogP) is 1.87. The molecule has 1 aromatic heterocycles. The fourth-order valence-corrected chi connectivity index (χ4v) is 3.10. The van der Waals surface area contributed by atoms with Crippen LogP contribution in [0.3, 0.4) is 0 Å². The Bertz CT molecular complexity index is 629. The molecular weight excluding hydrogens is 381 g/mol. The summed E-state index contributed by atoms with van der Waals surface area (Å²) in [6.07, 6.45) is -0.179. The maximum atomic E-state index is 11.8. The Balaban J connectivity index is 2.36. The van der Waals surface area contributed by atoms with Crippen LogP contribution in [0.4, 0.5) is 5.95 Å². The molecule has 104 valence electrons. The van der Waals surface area contributed by atoms with E-state index in [9.17, 15) is 13.2 Å². The number of hydrogen-bond donors (Lipinski definition) is 0. The summed E-state index contributed by atoms with van der Waals surface area (Å²) in [6.45, 7) is 1.62. The van der Waals surface area contributed by atoms with Gasteiger partial charge in [-0.25, -0.2) is 13.4 Å². The van der Waals surface area contributed by atoms with E-state index in [-0.39, 0.29) is 24.1 Å². The third-order valence-electron chi connectivity index (χ3n) is 2.69. The van der Waals surface area contributed by atoms with Crippen LogP contribution in [-0.2, 0) is 13.8 Å². The lowest BCUT2D eigenvalue weighted by molar-refractivity contribution is -0.117. The van der Waals surface area contributed by atoms with Crippen molar-refractivity contribution in [3.8, 4) is 0 Å². The molecule has 0 aliphatic carbocycles. The van der Waals surface area contributed by atoms with Gasteiger partial charge in [-0.05, 0) is 22.9 Å². The Kier molecular flexibility index (Phi) is 4.06. The van der Waals surface area contributed by atoms with Crippen LogP contribution in [-0.4, -0.2) is 36.1 Å². The van der Waals surface area contributed by atoms with Gasteiger partial charge in [0, 0.05) is 23.6 Å². The zero-order valence-electron chi connectivity index (χ0n) is 9.60. The summed E-state index contributed by atoms with van der Waals surface area (Å²) in [5.74, 6) is -0.314. The average molecular weight is 389 g/mol. The van der Waals surface area contributed by atoms with Crippen molar-refractivity contribution in [2.24, 2.45) is 0 Å². The molecule has 1 amide bonds. The number of rotatable bonds is 2. The number of halogens is 3. The van der Waals surface area contributed by atoms with E-state index in [2.05, 4.69) is 25.9 Å². The molecule has 1 unspecified atom stereocenters. The van der Waals surface area contributed by atoms with Crippen LogP contribution < -0.4 is 4.90 Å². The number of amides is 1. The Hall–Kier alpha value is -0.440. The van der Waals surface area contributed by atoms with Crippen molar-refractivity contribution in [3.63, 3.8) is 0 Å². The van der Waals surface area contributed by atoms with Crippen LogP contribution >= 0.6 is 38.2 Å². The molecule has 19 heavy (non-hydrogen) atoms. The van der Waals surface area contributed by atoms with Crippen LogP contribution in [0.2, 0.25) is 5.15 Å². The van der Waals surface area contributed by atoms with Crippen molar-refractivity contribution in [2.45, 2.75) is 18.6 Å². The third kappa shape index (κ3) is 3.01. The Morgan fingerprint density at radius 2 is 2.05 bits per heavy atom. The van der Waals surface area contributed by atoms with E-state index in [0.29, 0.717) is 10.2 Å². The van der Waals surface area contributed by atoms with Gasteiger partial charge in [0.2, 0.25) is 20.9 Å². The highest BCUT2D eigenvalue weighted by Gasteiger charge is 2.39. The largest absolute Gasteiger partial charge is 0.279 e. The molecule has 1 saturated heterocycles. The lowest BCUT2D eigenvalue weighted by Crippen LogP contribution is -2.28. The van der Waals surface area contributed by atoms with Crippen molar-refractivity contribution < 1.29 is 13.2 Å². The van der Waals surface area contributed by atoms with Crippen LogP contribution in [0.5, 0.6) is 0 Å². The first-order chi connectivity index (χ1) is 8.70. The first kappa shape index (κ1) is 15.0. The van der Waals surface area contributed by atoms with Gasteiger partial charge in [-0.15, -0.1) is 0 Å². The van der Waals surface area contributed by atoms with E-state index in [4.69, 9.17) is 22.3 Å². The van der Waals surface area contributed by atoms with E-state index in [0.717, 1.165) is 0 Å². The minimum atomic E-state index is -3.79. The van der Waals surface area contributed by atoms with Gasteiger partial charge < -0.3 is 0 Å². The van der Waals surface area contributed by atoms with Gasteiger partial charge in [-0.2, -0.15) is 4.98 Å². The monoisotopic (exact) mass is 387 g/mol. The number of nitrogens with zero attached hydrogens (tertiary/aromatic N) is 3. The maximum absolute atomic E-state index is 11.8. The molecule has 10 heteroatoms. The number of hydrogen-bond acceptors (Lipinski definition) is 5. The summed E-state index contributed by atoms with van der Waals surface area (Å²) in [5.41, 5.74) is 0.556. The normalized spacial score (nSPS) is 20.1. The molecule has 0 radical (unpaired) electrons. The van der Waals surface area contributed by atoms with Crippen molar-refractivity contribution >= 4 is 59.1 Å². The van der Waals surface area contributed by atoms with Crippen molar-refractivity contribution in [2.75, 3.05) is 11.4 Å². The zero-order chi connectivity index (χ0) is 14.4. The summed E-state index contributed by atoms with van der Waals surface area (Å²) < 4.78 is 23.0. The lowest BCUT2D eigenvalue weighted by Gasteiger charge is -2.15. The second-order valence-corrected chi connectivity index (χ2v) is 8.08.